The van der Waals surface area contributed by atoms with Crippen LogP contribution in [0.5, 0.6) is 0 Å². The van der Waals surface area contributed by atoms with E-state index in [9.17, 15) is 9.59 Å². The fourth-order valence-electron chi connectivity index (χ4n) is 4.28. The topological polar surface area (TPSA) is 72.8 Å². The van der Waals surface area contributed by atoms with Gasteiger partial charge in [-0.05, 0) is 61.7 Å². The van der Waals surface area contributed by atoms with Crippen LogP contribution in [-0.2, 0) is 17.8 Å². The van der Waals surface area contributed by atoms with Crippen molar-refractivity contribution in [1.29, 1.82) is 0 Å². The summed E-state index contributed by atoms with van der Waals surface area (Å²) in [4.78, 5) is 35.4. The van der Waals surface area contributed by atoms with Crippen LogP contribution in [0.1, 0.15) is 35.5 Å². The molecule has 2 aromatic carbocycles. The third-order valence-corrected chi connectivity index (χ3v) is 6.43. The third kappa shape index (κ3) is 5.79. The highest BCUT2D eigenvalue weighted by Crippen LogP contribution is 2.20. The number of amides is 2. The van der Waals surface area contributed by atoms with Crippen LogP contribution in [-0.4, -0.2) is 59.8 Å². The summed E-state index contributed by atoms with van der Waals surface area (Å²) in [7, 11) is 4.01. The van der Waals surface area contributed by atoms with Crippen molar-refractivity contribution in [2.24, 2.45) is 0 Å². The number of aromatic amines is 1. The van der Waals surface area contributed by atoms with Crippen molar-refractivity contribution >= 4 is 28.4 Å². The van der Waals surface area contributed by atoms with Crippen LogP contribution in [0.4, 0.5) is 5.69 Å². The van der Waals surface area contributed by atoms with Gasteiger partial charge in [-0.15, -0.1) is 0 Å². The van der Waals surface area contributed by atoms with Crippen molar-refractivity contribution in [3.8, 4) is 0 Å². The molecular weight excluding hydrogens is 452 g/mol. The lowest BCUT2D eigenvalue weighted by Gasteiger charge is -2.30. The molecule has 4 aromatic rings. The minimum Gasteiger partial charge on any atom is -0.459 e. The monoisotopic (exact) mass is 486 g/mol. The summed E-state index contributed by atoms with van der Waals surface area (Å²) >= 11 is 0. The summed E-state index contributed by atoms with van der Waals surface area (Å²) in [6, 6.07) is 19.5. The molecular formula is C29H34N4O3. The van der Waals surface area contributed by atoms with Crippen LogP contribution in [0, 0.1) is 0 Å². The zero-order valence-corrected chi connectivity index (χ0v) is 21.4. The van der Waals surface area contributed by atoms with Crippen LogP contribution in [0.15, 0.2) is 77.5 Å². The minimum atomic E-state index is -0.282. The molecule has 0 bridgehead atoms. The Bertz CT molecular complexity index is 1290. The largest absolute Gasteiger partial charge is 0.459 e. The summed E-state index contributed by atoms with van der Waals surface area (Å²) < 4.78 is 5.31. The Balaban J connectivity index is 1.54. The smallest absolute Gasteiger partial charge is 0.290 e. The number of nitrogens with one attached hydrogen (secondary N) is 1. The molecule has 0 unspecified atom stereocenters. The normalized spacial score (nSPS) is 11.1. The molecule has 1 N–H and O–H groups in total. The first-order valence-corrected chi connectivity index (χ1v) is 12.3. The number of aromatic nitrogens is 1. The molecule has 2 aromatic heterocycles. The van der Waals surface area contributed by atoms with Crippen molar-refractivity contribution in [2.75, 3.05) is 32.1 Å². The highest BCUT2D eigenvalue weighted by molar-refractivity contribution is 5.94. The van der Waals surface area contributed by atoms with Gasteiger partial charge in [0.25, 0.3) is 5.91 Å². The van der Waals surface area contributed by atoms with Gasteiger partial charge < -0.3 is 24.1 Å². The van der Waals surface area contributed by atoms with Gasteiger partial charge in [-0.3, -0.25) is 9.59 Å². The first-order chi connectivity index (χ1) is 17.3. The number of H-pyrrole nitrogens is 1. The van der Waals surface area contributed by atoms with E-state index in [0.717, 1.165) is 22.2 Å². The van der Waals surface area contributed by atoms with Gasteiger partial charge in [-0.2, -0.15) is 0 Å². The maximum absolute atomic E-state index is 13.6. The summed E-state index contributed by atoms with van der Waals surface area (Å²) in [6.07, 6.45) is 4.19. The molecule has 0 spiro atoms. The molecule has 0 saturated carbocycles. The fraction of sp³-hybridized carbons (Fsp3) is 0.310. The number of carbonyl (C=O) groups is 2. The van der Waals surface area contributed by atoms with Crippen LogP contribution >= 0.6 is 0 Å². The number of nitrogens with zero attached hydrogens (tertiary/aromatic N) is 3. The number of hydrogen-bond donors (Lipinski definition) is 1. The number of rotatable bonds is 10. The van der Waals surface area contributed by atoms with Crippen LogP contribution < -0.4 is 4.90 Å². The van der Waals surface area contributed by atoms with E-state index >= 15 is 0 Å². The van der Waals surface area contributed by atoms with E-state index in [0.29, 0.717) is 19.5 Å². The number of hydrogen-bond acceptors (Lipinski definition) is 4. The molecule has 2 amide bonds. The zero-order valence-electron chi connectivity index (χ0n) is 21.4. The molecule has 0 aliphatic rings. The molecule has 0 saturated heterocycles. The Labute approximate surface area is 212 Å². The number of carbonyl (C=O) groups excluding carboxylic acids is 2. The summed E-state index contributed by atoms with van der Waals surface area (Å²) in [6.45, 7) is 4.81. The number of furan rings is 1. The number of para-hydroxylation sites is 1. The van der Waals surface area contributed by atoms with Crippen LogP contribution in [0.3, 0.4) is 0 Å². The third-order valence-electron chi connectivity index (χ3n) is 6.43. The van der Waals surface area contributed by atoms with E-state index < -0.39 is 0 Å². The molecule has 0 aliphatic carbocycles. The first kappa shape index (κ1) is 25.1. The van der Waals surface area contributed by atoms with E-state index in [-0.39, 0.29) is 30.2 Å². The fourth-order valence-corrected chi connectivity index (χ4v) is 4.28. The van der Waals surface area contributed by atoms with E-state index in [1.54, 1.807) is 17.0 Å². The number of anilines is 1. The SMILES string of the molecule is CC(C)N(CC(=O)N(CCc1c[nH]c2ccccc12)Cc1ccc(N(C)C)cc1)C(=O)c1ccco1. The highest BCUT2D eigenvalue weighted by Gasteiger charge is 2.26. The molecule has 4 rings (SSSR count). The van der Waals surface area contributed by atoms with Gasteiger partial charge >= 0.3 is 0 Å². The highest BCUT2D eigenvalue weighted by atomic mass is 16.3. The van der Waals surface area contributed by atoms with Gasteiger partial charge in [0.1, 0.15) is 6.54 Å². The molecule has 7 nitrogen and oxygen atoms in total. The maximum atomic E-state index is 13.6. The molecule has 2 heterocycles. The van der Waals surface area contributed by atoms with E-state index in [2.05, 4.69) is 41.4 Å². The molecule has 0 fully saturated rings. The van der Waals surface area contributed by atoms with Gasteiger partial charge in [0.15, 0.2) is 5.76 Å². The predicted octanol–water partition coefficient (Wildman–Crippen LogP) is 4.95. The molecule has 36 heavy (non-hydrogen) atoms. The molecule has 0 aliphatic heterocycles. The van der Waals surface area contributed by atoms with Crippen LogP contribution in [0.25, 0.3) is 10.9 Å². The average Bonchev–Trinajstić information content (AvgIpc) is 3.55. The van der Waals surface area contributed by atoms with Crippen LogP contribution in [0.2, 0.25) is 0 Å². The number of benzene rings is 2. The van der Waals surface area contributed by atoms with E-state index in [1.165, 1.54) is 11.8 Å². The Kier molecular flexibility index (Phi) is 7.78. The van der Waals surface area contributed by atoms with Crippen molar-refractivity contribution in [3.63, 3.8) is 0 Å². The second-order valence-corrected chi connectivity index (χ2v) is 9.49. The molecule has 0 atom stereocenters. The summed E-state index contributed by atoms with van der Waals surface area (Å²) in [5, 5.41) is 1.16. The Morgan fingerprint density at radius 2 is 1.72 bits per heavy atom. The second-order valence-electron chi connectivity index (χ2n) is 9.49. The molecule has 188 valence electrons. The Hall–Kier alpha value is -4.00. The van der Waals surface area contributed by atoms with Gasteiger partial charge in [-0.25, -0.2) is 0 Å². The molecule has 7 heteroatoms. The maximum Gasteiger partial charge on any atom is 0.290 e. The lowest BCUT2D eigenvalue weighted by molar-refractivity contribution is -0.132. The zero-order chi connectivity index (χ0) is 25.7. The first-order valence-electron chi connectivity index (χ1n) is 12.3. The van der Waals surface area contributed by atoms with Gasteiger partial charge in [0, 0.05) is 56.0 Å². The average molecular weight is 487 g/mol. The van der Waals surface area contributed by atoms with Crippen molar-refractivity contribution < 1.29 is 14.0 Å². The van der Waals surface area contributed by atoms with Crippen molar-refractivity contribution in [2.45, 2.75) is 32.9 Å². The minimum absolute atomic E-state index is 0.0130. The summed E-state index contributed by atoms with van der Waals surface area (Å²) in [5.74, 6) is -0.142. The quantitative estimate of drug-likeness (QED) is 0.344. The predicted molar refractivity (Wildman–Crippen MR) is 143 cm³/mol. The lowest BCUT2D eigenvalue weighted by atomic mass is 10.1. The van der Waals surface area contributed by atoms with E-state index in [1.807, 2.05) is 56.1 Å². The number of fused-ring (bicyclic) bond motifs is 1. The van der Waals surface area contributed by atoms with Gasteiger partial charge in [0.05, 0.1) is 6.26 Å². The molecule has 0 radical (unpaired) electrons. The van der Waals surface area contributed by atoms with Crippen molar-refractivity contribution in [1.82, 2.24) is 14.8 Å². The summed E-state index contributed by atoms with van der Waals surface area (Å²) in [5.41, 5.74) is 4.39. The second kappa shape index (κ2) is 11.2. The Morgan fingerprint density at radius 3 is 2.39 bits per heavy atom. The van der Waals surface area contributed by atoms with E-state index in [4.69, 9.17) is 4.42 Å². The standard InChI is InChI=1S/C29H34N4O3/c1-21(2)33(29(35)27-10-7-17-36-27)20-28(34)32(19-22-11-13-24(14-12-22)31(3)4)16-15-23-18-30-26-9-6-5-8-25(23)26/h5-14,17-18,21,30H,15-16,19-20H2,1-4H3. The van der Waals surface area contributed by atoms with Gasteiger partial charge in [0.2, 0.25) is 5.91 Å². The lowest BCUT2D eigenvalue weighted by Crippen LogP contribution is -2.46. The van der Waals surface area contributed by atoms with Gasteiger partial charge in [-0.1, -0.05) is 30.3 Å². The Morgan fingerprint density at radius 1 is 0.972 bits per heavy atom. The van der Waals surface area contributed by atoms with Crippen molar-refractivity contribution in [3.05, 3.63) is 90.0 Å².